The average Bonchev–Trinajstić information content (AvgIpc) is 2.86. The normalized spacial score (nSPS) is 18.2. The molecular formula is C13H13ClF3NO3. The number of hydrogen-bond acceptors (Lipinski definition) is 2. The number of rotatable bonds is 2. The summed E-state index contributed by atoms with van der Waals surface area (Å²) < 4.78 is 38.5. The van der Waals surface area contributed by atoms with Gasteiger partial charge in [-0.2, -0.15) is 13.2 Å². The van der Waals surface area contributed by atoms with Gasteiger partial charge in [0.15, 0.2) is 0 Å². The number of carbonyl (C=O) groups is 2. The minimum Gasteiger partial charge on any atom is -0.481 e. The van der Waals surface area contributed by atoms with Crippen LogP contribution in [-0.2, 0) is 11.0 Å². The number of carbonyl (C=O) groups excluding carboxylic acids is 1. The molecular weight excluding hydrogens is 311 g/mol. The summed E-state index contributed by atoms with van der Waals surface area (Å²) in [6.07, 6.45) is -4.35. The number of nitrogens with zero attached hydrogens (tertiary/aromatic N) is 1. The zero-order valence-electron chi connectivity index (χ0n) is 10.8. The number of aliphatic carboxylic acids is 1. The minimum absolute atomic E-state index is 0. The highest BCUT2D eigenvalue weighted by atomic mass is 35.5. The average molecular weight is 324 g/mol. The molecule has 1 saturated heterocycles. The fourth-order valence-electron chi connectivity index (χ4n) is 2.23. The molecule has 1 amide bonds. The van der Waals surface area contributed by atoms with Crippen LogP contribution in [0.25, 0.3) is 0 Å². The second kappa shape index (κ2) is 6.34. The third-order valence-corrected chi connectivity index (χ3v) is 3.29. The first-order chi connectivity index (χ1) is 9.30. The highest BCUT2D eigenvalue weighted by molar-refractivity contribution is 5.96. The molecule has 1 aliphatic rings. The van der Waals surface area contributed by atoms with Crippen molar-refractivity contribution in [1.82, 2.24) is 4.90 Å². The molecule has 0 saturated carbocycles. The van der Waals surface area contributed by atoms with Crippen molar-refractivity contribution in [3.63, 3.8) is 0 Å². The Bertz CT molecular complexity index is 548. The van der Waals surface area contributed by atoms with Crippen LogP contribution in [0.5, 0.6) is 0 Å². The van der Waals surface area contributed by atoms with Gasteiger partial charge < -0.3 is 10.0 Å². The van der Waals surface area contributed by atoms with E-state index >= 15 is 0 Å². The van der Waals surface area contributed by atoms with Gasteiger partial charge in [-0.25, -0.2) is 0 Å². The molecule has 0 aromatic heterocycles. The maximum atomic E-state index is 12.8. The Kier molecular flexibility index (Phi) is 5.22. The maximum absolute atomic E-state index is 12.8. The highest BCUT2D eigenvalue weighted by Crippen LogP contribution is 2.33. The Balaban J connectivity index is 0.00000220. The largest absolute Gasteiger partial charge is 0.481 e. The lowest BCUT2D eigenvalue weighted by Crippen LogP contribution is -2.31. The van der Waals surface area contributed by atoms with Crippen LogP contribution in [0.1, 0.15) is 22.3 Å². The van der Waals surface area contributed by atoms with Crippen molar-refractivity contribution in [3.8, 4) is 0 Å². The van der Waals surface area contributed by atoms with Crippen LogP contribution in [0, 0.1) is 5.92 Å². The van der Waals surface area contributed by atoms with E-state index in [9.17, 15) is 22.8 Å². The summed E-state index contributed by atoms with van der Waals surface area (Å²) in [5, 5.41) is 8.85. The van der Waals surface area contributed by atoms with Gasteiger partial charge in [-0.05, 0) is 18.6 Å². The van der Waals surface area contributed by atoms with Gasteiger partial charge in [0.2, 0.25) is 0 Å². The van der Waals surface area contributed by atoms with E-state index in [1.54, 1.807) is 0 Å². The van der Waals surface area contributed by atoms with E-state index < -0.39 is 35.1 Å². The first kappa shape index (κ1) is 17.3. The van der Waals surface area contributed by atoms with Crippen molar-refractivity contribution in [2.24, 2.45) is 5.92 Å². The Labute approximate surface area is 125 Å². The standard InChI is InChI=1S/C13H12F3NO3.ClH/c14-13(15,16)10-4-2-1-3-9(10)11(18)17-6-5-8(7-17)12(19)20;/h1-4,8H,5-7H2,(H,19,20);1H. The monoisotopic (exact) mass is 323 g/mol. The molecule has 1 fully saturated rings. The molecule has 1 atom stereocenters. The van der Waals surface area contributed by atoms with Crippen LogP contribution in [0.15, 0.2) is 24.3 Å². The SMILES string of the molecule is Cl.O=C(O)C1CCN(C(=O)c2ccccc2C(F)(F)F)C1. The molecule has 0 bridgehead atoms. The molecule has 1 aromatic carbocycles. The van der Waals surface area contributed by atoms with E-state index in [1.807, 2.05) is 0 Å². The molecule has 21 heavy (non-hydrogen) atoms. The molecule has 116 valence electrons. The molecule has 0 spiro atoms. The Hall–Kier alpha value is -1.76. The van der Waals surface area contributed by atoms with Crippen LogP contribution in [0.4, 0.5) is 13.2 Å². The van der Waals surface area contributed by atoms with Crippen LogP contribution in [0.3, 0.4) is 0 Å². The molecule has 0 aliphatic carbocycles. The van der Waals surface area contributed by atoms with E-state index in [2.05, 4.69) is 0 Å². The molecule has 4 nitrogen and oxygen atoms in total. The predicted molar refractivity (Wildman–Crippen MR) is 70.3 cm³/mol. The van der Waals surface area contributed by atoms with Gasteiger partial charge in [-0.1, -0.05) is 12.1 Å². The summed E-state index contributed by atoms with van der Waals surface area (Å²) >= 11 is 0. The van der Waals surface area contributed by atoms with E-state index in [-0.39, 0.29) is 31.9 Å². The fourth-order valence-corrected chi connectivity index (χ4v) is 2.23. The van der Waals surface area contributed by atoms with Crippen molar-refractivity contribution in [2.75, 3.05) is 13.1 Å². The van der Waals surface area contributed by atoms with Crippen LogP contribution < -0.4 is 0 Å². The first-order valence-electron chi connectivity index (χ1n) is 5.99. The second-order valence-corrected chi connectivity index (χ2v) is 4.62. The number of carboxylic acids is 1. The Morgan fingerprint density at radius 1 is 1.24 bits per heavy atom. The Morgan fingerprint density at radius 3 is 2.38 bits per heavy atom. The van der Waals surface area contributed by atoms with E-state index in [4.69, 9.17) is 5.11 Å². The van der Waals surface area contributed by atoms with Crippen molar-refractivity contribution >= 4 is 24.3 Å². The summed E-state index contributed by atoms with van der Waals surface area (Å²) in [7, 11) is 0. The summed E-state index contributed by atoms with van der Waals surface area (Å²) in [5.41, 5.74) is -1.44. The van der Waals surface area contributed by atoms with Crippen molar-refractivity contribution in [1.29, 1.82) is 0 Å². The summed E-state index contributed by atoms with van der Waals surface area (Å²) in [6.45, 7) is 0.0996. The van der Waals surface area contributed by atoms with Gasteiger partial charge in [0.1, 0.15) is 0 Å². The number of halogens is 4. The molecule has 1 aromatic rings. The molecule has 1 N–H and O–H groups in total. The van der Waals surface area contributed by atoms with Gasteiger partial charge in [0.25, 0.3) is 5.91 Å². The smallest absolute Gasteiger partial charge is 0.417 e. The number of benzene rings is 1. The maximum Gasteiger partial charge on any atom is 0.417 e. The highest BCUT2D eigenvalue weighted by Gasteiger charge is 2.38. The van der Waals surface area contributed by atoms with E-state index in [0.29, 0.717) is 0 Å². The number of hydrogen-bond donors (Lipinski definition) is 1. The molecule has 1 unspecified atom stereocenters. The predicted octanol–water partition coefficient (Wildman–Crippen LogP) is 2.67. The lowest BCUT2D eigenvalue weighted by atomic mass is 10.1. The van der Waals surface area contributed by atoms with Crippen LogP contribution >= 0.6 is 12.4 Å². The Morgan fingerprint density at radius 2 is 1.86 bits per heavy atom. The topological polar surface area (TPSA) is 57.6 Å². The second-order valence-electron chi connectivity index (χ2n) is 4.62. The van der Waals surface area contributed by atoms with Gasteiger partial charge in [0.05, 0.1) is 17.0 Å². The molecule has 8 heteroatoms. The molecule has 0 radical (unpaired) electrons. The van der Waals surface area contributed by atoms with Crippen LogP contribution in [0.2, 0.25) is 0 Å². The van der Waals surface area contributed by atoms with Gasteiger partial charge in [-0.15, -0.1) is 12.4 Å². The van der Waals surface area contributed by atoms with Crippen molar-refractivity contribution < 1.29 is 27.9 Å². The van der Waals surface area contributed by atoms with Gasteiger partial charge in [0, 0.05) is 13.1 Å². The van der Waals surface area contributed by atoms with Crippen molar-refractivity contribution in [2.45, 2.75) is 12.6 Å². The summed E-state index contributed by atoms with van der Waals surface area (Å²) in [6, 6.07) is 4.52. The molecule has 2 rings (SSSR count). The third-order valence-electron chi connectivity index (χ3n) is 3.29. The third kappa shape index (κ3) is 3.66. The number of amides is 1. The summed E-state index contributed by atoms with van der Waals surface area (Å²) in [5.74, 6) is -2.52. The quantitative estimate of drug-likeness (QED) is 0.910. The minimum atomic E-state index is -4.61. The van der Waals surface area contributed by atoms with Crippen LogP contribution in [-0.4, -0.2) is 35.0 Å². The molecule has 1 aliphatic heterocycles. The lowest BCUT2D eigenvalue weighted by Gasteiger charge is -2.19. The van der Waals surface area contributed by atoms with Crippen molar-refractivity contribution in [3.05, 3.63) is 35.4 Å². The zero-order valence-corrected chi connectivity index (χ0v) is 11.6. The molecule has 1 heterocycles. The van der Waals surface area contributed by atoms with Gasteiger partial charge >= 0.3 is 12.1 Å². The zero-order chi connectivity index (χ0) is 14.9. The number of likely N-dealkylation sites (tertiary alicyclic amines) is 1. The van der Waals surface area contributed by atoms with E-state index in [0.717, 1.165) is 17.0 Å². The van der Waals surface area contributed by atoms with E-state index in [1.165, 1.54) is 12.1 Å². The first-order valence-corrected chi connectivity index (χ1v) is 5.99. The van der Waals surface area contributed by atoms with Gasteiger partial charge in [-0.3, -0.25) is 9.59 Å². The lowest BCUT2D eigenvalue weighted by molar-refractivity contribution is -0.141. The number of alkyl halides is 3. The fraction of sp³-hybridized carbons (Fsp3) is 0.385. The summed E-state index contributed by atoms with van der Waals surface area (Å²) in [4.78, 5) is 24.1. The number of carboxylic acid groups (broad SMARTS) is 1.